The van der Waals surface area contributed by atoms with Crippen LogP contribution in [0.5, 0.6) is 0 Å². The van der Waals surface area contributed by atoms with Crippen molar-refractivity contribution in [1.82, 2.24) is 0 Å². The third-order valence-electron chi connectivity index (χ3n) is 2.64. The van der Waals surface area contributed by atoms with Gasteiger partial charge in [-0.15, -0.1) is 0 Å². The van der Waals surface area contributed by atoms with E-state index in [0.717, 1.165) is 12.8 Å². The zero-order chi connectivity index (χ0) is 11.0. The highest BCUT2D eigenvalue weighted by Gasteiger charge is 2.12. The van der Waals surface area contributed by atoms with Gasteiger partial charge in [0.2, 0.25) is 0 Å². The lowest BCUT2D eigenvalue weighted by molar-refractivity contribution is -0.156. The summed E-state index contributed by atoms with van der Waals surface area (Å²) in [6, 6.07) is 0. The highest BCUT2D eigenvalue weighted by molar-refractivity contribution is 4.54. The molecule has 3 atom stereocenters. The number of hydrogen-bond donors (Lipinski definition) is 0. The quantitative estimate of drug-likeness (QED) is 0.551. The van der Waals surface area contributed by atoms with Crippen molar-refractivity contribution >= 4 is 0 Å². The second kappa shape index (κ2) is 8.25. The second-order valence-corrected chi connectivity index (χ2v) is 4.41. The van der Waals surface area contributed by atoms with Gasteiger partial charge in [0.15, 0.2) is 6.29 Å². The maximum Gasteiger partial charge on any atom is 0.191 e. The fraction of sp³-hybridized carbons (Fsp3) is 1.00. The topological polar surface area (TPSA) is 29.1 Å². The van der Waals surface area contributed by atoms with E-state index in [0.29, 0.717) is 24.9 Å². The molecule has 14 heavy (non-hydrogen) atoms. The van der Waals surface area contributed by atoms with Crippen molar-refractivity contribution < 1.29 is 9.84 Å². The minimum atomic E-state index is -0.816. The Morgan fingerprint density at radius 1 is 1.14 bits per heavy atom. The van der Waals surface area contributed by atoms with Gasteiger partial charge in [-0.25, -0.2) is 5.11 Å². The van der Waals surface area contributed by atoms with Gasteiger partial charge < -0.3 is 4.74 Å². The SMILES string of the molecule is CCCC(C)COC([O])CC(C)CC. The Hall–Kier alpha value is -0.0800. The van der Waals surface area contributed by atoms with Gasteiger partial charge in [-0.2, -0.15) is 0 Å². The molecular formula is C12H25O2. The van der Waals surface area contributed by atoms with Crippen LogP contribution in [0.1, 0.15) is 53.4 Å². The third-order valence-corrected chi connectivity index (χ3v) is 2.64. The zero-order valence-corrected chi connectivity index (χ0v) is 10.1. The zero-order valence-electron chi connectivity index (χ0n) is 10.1. The Labute approximate surface area is 88.7 Å². The van der Waals surface area contributed by atoms with Crippen LogP contribution in [0.15, 0.2) is 0 Å². The molecule has 1 radical (unpaired) electrons. The lowest BCUT2D eigenvalue weighted by atomic mass is 10.0. The van der Waals surface area contributed by atoms with Gasteiger partial charge in [-0.3, -0.25) is 0 Å². The van der Waals surface area contributed by atoms with Gasteiger partial charge >= 0.3 is 0 Å². The maximum atomic E-state index is 11.4. The van der Waals surface area contributed by atoms with Crippen molar-refractivity contribution in [2.24, 2.45) is 11.8 Å². The Balaban J connectivity index is 3.47. The molecule has 0 aromatic carbocycles. The summed E-state index contributed by atoms with van der Waals surface area (Å²) in [5.41, 5.74) is 0. The van der Waals surface area contributed by atoms with Crippen LogP contribution in [0.4, 0.5) is 0 Å². The fourth-order valence-corrected chi connectivity index (χ4v) is 1.41. The molecule has 0 N–H and O–H groups in total. The maximum absolute atomic E-state index is 11.4. The lowest BCUT2D eigenvalue weighted by Crippen LogP contribution is -2.18. The van der Waals surface area contributed by atoms with Gasteiger partial charge in [-0.1, -0.05) is 40.5 Å². The molecule has 0 rings (SSSR count). The molecule has 0 saturated carbocycles. The minimum Gasteiger partial charge on any atom is -0.349 e. The monoisotopic (exact) mass is 201 g/mol. The van der Waals surface area contributed by atoms with Gasteiger partial charge in [0.1, 0.15) is 0 Å². The van der Waals surface area contributed by atoms with Crippen LogP contribution in [0.25, 0.3) is 0 Å². The molecule has 2 nitrogen and oxygen atoms in total. The average Bonchev–Trinajstić information content (AvgIpc) is 2.15. The predicted octanol–water partition coefficient (Wildman–Crippen LogP) is 3.63. The second-order valence-electron chi connectivity index (χ2n) is 4.41. The molecule has 0 aliphatic rings. The summed E-state index contributed by atoms with van der Waals surface area (Å²) >= 11 is 0. The molecule has 0 bridgehead atoms. The van der Waals surface area contributed by atoms with Gasteiger partial charge in [0.25, 0.3) is 0 Å². The van der Waals surface area contributed by atoms with Crippen LogP contribution in [-0.2, 0) is 9.84 Å². The Morgan fingerprint density at radius 3 is 2.29 bits per heavy atom. The Kier molecular flexibility index (Phi) is 8.20. The van der Waals surface area contributed by atoms with Crippen molar-refractivity contribution in [3.05, 3.63) is 0 Å². The number of hydrogen-bond acceptors (Lipinski definition) is 1. The van der Waals surface area contributed by atoms with Crippen LogP contribution in [0.3, 0.4) is 0 Å². The van der Waals surface area contributed by atoms with E-state index in [1.807, 2.05) is 0 Å². The average molecular weight is 201 g/mol. The summed E-state index contributed by atoms with van der Waals surface area (Å²) < 4.78 is 5.27. The number of rotatable bonds is 8. The van der Waals surface area contributed by atoms with Crippen molar-refractivity contribution in [2.75, 3.05) is 6.61 Å². The molecule has 0 aromatic heterocycles. The molecular weight excluding hydrogens is 176 g/mol. The molecule has 0 saturated heterocycles. The standard InChI is InChI=1S/C12H25O2/c1-5-7-11(4)9-14-12(13)8-10(3)6-2/h10-12H,5-9H2,1-4H3. The van der Waals surface area contributed by atoms with Gasteiger partial charge in [0, 0.05) is 6.42 Å². The van der Waals surface area contributed by atoms with E-state index in [9.17, 15) is 5.11 Å². The van der Waals surface area contributed by atoms with E-state index in [1.165, 1.54) is 6.42 Å². The van der Waals surface area contributed by atoms with Crippen LogP contribution in [-0.4, -0.2) is 12.9 Å². The third kappa shape index (κ3) is 7.34. The highest BCUT2D eigenvalue weighted by Crippen LogP contribution is 2.13. The van der Waals surface area contributed by atoms with Crippen molar-refractivity contribution in [1.29, 1.82) is 0 Å². The Bertz CT molecular complexity index is 125. The van der Waals surface area contributed by atoms with E-state index in [4.69, 9.17) is 4.74 Å². The number of ether oxygens (including phenoxy) is 1. The van der Waals surface area contributed by atoms with E-state index in [-0.39, 0.29) is 0 Å². The largest absolute Gasteiger partial charge is 0.349 e. The summed E-state index contributed by atoms with van der Waals surface area (Å²) in [6.07, 6.45) is 3.21. The smallest absolute Gasteiger partial charge is 0.191 e. The van der Waals surface area contributed by atoms with Crippen LogP contribution >= 0.6 is 0 Å². The lowest BCUT2D eigenvalue weighted by Gasteiger charge is -2.16. The molecule has 3 unspecified atom stereocenters. The van der Waals surface area contributed by atoms with E-state index >= 15 is 0 Å². The Morgan fingerprint density at radius 2 is 1.79 bits per heavy atom. The van der Waals surface area contributed by atoms with Crippen LogP contribution in [0, 0.1) is 11.8 Å². The van der Waals surface area contributed by atoms with Gasteiger partial charge in [-0.05, 0) is 18.3 Å². The molecule has 0 spiro atoms. The molecule has 0 heterocycles. The first-order valence-electron chi connectivity index (χ1n) is 5.87. The molecule has 0 aromatic rings. The van der Waals surface area contributed by atoms with Crippen LogP contribution < -0.4 is 0 Å². The first kappa shape index (κ1) is 13.9. The first-order valence-corrected chi connectivity index (χ1v) is 5.87. The van der Waals surface area contributed by atoms with E-state index in [2.05, 4.69) is 27.7 Å². The summed E-state index contributed by atoms with van der Waals surface area (Å²) in [6.45, 7) is 9.13. The van der Waals surface area contributed by atoms with Crippen molar-refractivity contribution in [3.8, 4) is 0 Å². The molecule has 2 heteroatoms. The molecule has 0 aliphatic carbocycles. The highest BCUT2D eigenvalue weighted by atomic mass is 16.6. The molecule has 0 amide bonds. The van der Waals surface area contributed by atoms with Crippen molar-refractivity contribution in [3.63, 3.8) is 0 Å². The van der Waals surface area contributed by atoms with E-state index < -0.39 is 6.29 Å². The van der Waals surface area contributed by atoms with Crippen molar-refractivity contribution in [2.45, 2.75) is 59.7 Å². The minimum absolute atomic E-state index is 0.485. The summed E-state index contributed by atoms with van der Waals surface area (Å²) in [5.74, 6) is 1.01. The summed E-state index contributed by atoms with van der Waals surface area (Å²) in [7, 11) is 0. The molecule has 0 aliphatic heterocycles. The summed E-state index contributed by atoms with van der Waals surface area (Å²) in [5, 5.41) is 11.4. The first-order chi connectivity index (χ1) is 6.60. The van der Waals surface area contributed by atoms with Crippen LogP contribution in [0.2, 0.25) is 0 Å². The molecule has 85 valence electrons. The summed E-state index contributed by atoms with van der Waals surface area (Å²) in [4.78, 5) is 0. The van der Waals surface area contributed by atoms with E-state index in [1.54, 1.807) is 0 Å². The normalized spacial score (nSPS) is 17.8. The predicted molar refractivity (Wildman–Crippen MR) is 58.6 cm³/mol. The van der Waals surface area contributed by atoms with Gasteiger partial charge in [0.05, 0.1) is 6.61 Å². The molecule has 0 fully saturated rings. The fourth-order valence-electron chi connectivity index (χ4n) is 1.41.